The highest BCUT2D eigenvalue weighted by atomic mass is 16.5. The van der Waals surface area contributed by atoms with Crippen molar-refractivity contribution in [3.8, 4) is 0 Å². The van der Waals surface area contributed by atoms with Crippen LogP contribution >= 0.6 is 0 Å². The van der Waals surface area contributed by atoms with Crippen LogP contribution in [0.3, 0.4) is 0 Å². The van der Waals surface area contributed by atoms with Crippen molar-refractivity contribution in [1.82, 2.24) is 4.90 Å². The first-order valence-electron chi connectivity index (χ1n) is 5.73. The average Bonchev–Trinajstić information content (AvgIpc) is 2.28. The monoisotopic (exact) mass is 213 g/mol. The van der Waals surface area contributed by atoms with Gasteiger partial charge in [-0.1, -0.05) is 20.8 Å². The van der Waals surface area contributed by atoms with Gasteiger partial charge in [0.15, 0.2) is 0 Å². The summed E-state index contributed by atoms with van der Waals surface area (Å²) in [5.74, 6) is 0.829. The van der Waals surface area contributed by atoms with Crippen LogP contribution in [0, 0.1) is 11.3 Å². The maximum Gasteiger partial charge on any atom is 0.136 e. The van der Waals surface area contributed by atoms with Gasteiger partial charge in [0.2, 0.25) is 0 Å². The van der Waals surface area contributed by atoms with E-state index in [1.165, 1.54) is 0 Å². The predicted molar refractivity (Wildman–Crippen MR) is 60.9 cm³/mol. The normalized spacial score (nSPS) is 24.9. The topological polar surface area (TPSA) is 29.5 Å². The van der Waals surface area contributed by atoms with Gasteiger partial charge >= 0.3 is 0 Å². The van der Waals surface area contributed by atoms with Gasteiger partial charge in [0.1, 0.15) is 5.78 Å². The quantitative estimate of drug-likeness (QED) is 0.712. The molecule has 1 aliphatic heterocycles. The zero-order valence-corrected chi connectivity index (χ0v) is 10.4. The number of hydrogen-bond donors (Lipinski definition) is 0. The Balaban J connectivity index is 2.52. The van der Waals surface area contributed by atoms with Gasteiger partial charge in [-0.2, -0.15) is 0 Å². The molecule has 1 rings (SSSR count). The second kappa shape index (κ2) is 5.08. The van der Waals surface area contributed by atoms with Crippen molar-refractivity contribution in [2.45, 2.75) is 27.7 Å². The van der Waals surface area contributed by atoms with Gasteiger partial charge < -0.3 is 4.74 Å². The minimum absolute atomic E-state index is 0.232. The third-order valence-corrected chi connectivity index (χ3v) is 3.10. The van der Waals surface area contributed by atoms with Crippen LogP contribution in [0.25, 0.3) is 0 Å². The van der Waals surface area contributed by atoms with E-state index in [0.717, 1.165) is 32.8 Å². The highest BCUT2D eigenvalue weighted by molar-refractivity contribution is 5.81. The van der Waals surface area contributed by atoms with Crippen molar-refractivity contribution in [2.24, 2.45) is 11.3 Å². The molecule has 0 aromatic rings. The van der Waals surface area contributed by atoms with Gasteiger partial charge in [-0.3, -0.25) is 9.69 Å². The number of Topliss-reactive ketones (excluding diaryl/α,β-unsaturated/α-hetero) is 1. The highest BCUT2D eigenvalue weighted by Gasteiger charge is 2.27. The molecule has 0 N–H and O–H groups in total. The van der Waals surface area contributed by atoms with Crippen LogP contribution < -0.4 is 0 Å². The van der Waals surface area contributed by atoms with Crippen LogP contribution in [0.2, 0.25) is 0 Å². The minimum atomic E-state index is -0.232. The molecule has 0 spiro atoms. The maximum atomic E-state index is 11.4. The Morgan fingerprint density at radius 3 is 2.80 bits per heavy atom. The molecule has 1 fully saturated rings. The molecular formula is C12H23NO2. The van der Waals surface area contributed by atoms with E-state index in [1.54, 1.807) is 6.92 Å². The van der Waals surface area contributed by atoms with Crippen LogP contribution in [0.5, 0.6) is 0 Å². The summed E-state index contributed by atoms with van der Waals surface area (Å²) in [6, 6.07) is 0. The molecule has 0 aromatic heterocycles. The molecule has 1 atom stereocenters. The number of hydrogen-bond acceptors (Lipinski definition) is 3. The Morgan fingerprint density at radius 2 is 2.20 bits per heavy atom. The van der Waals surface area contributed by atoms with Gasteiger partial charge in [-0.05, 0) is 12.8 Å². The number of carbonyl (C=O) groups excluding carboxylic acids is 1. The molecule has 1 aliphatic rings. The van der Waals surface area contributed by atoms with Crippen molar-refractivity contribution < 1.29 is 9.53 Å². The third-order valence-electron chi connectivity index (χ3n) is 3.10. The minimum Gasteiger partial charge on any atom is -0.380 e. The van der Waals surface area contributed by atoms with E-state index in [2.05, 4.69) is 11.8 Å². The fourth-order valence-corrected chi connectivity index (χ4v) is 1.88. The lowest BCUT2D eigenvalue weighted by Gasteiger charge is -2.30. The largest absolute Gasteiger partial charge is 0.380 e. The van der Waals surface area contributed by atoms with E-state index >= 15 is 0 Å². The summed E-state index contributed by atoms with van der Waals surface area (Å²) < 4.78 is 5.49. The smallest absolute Gasteiger partial charge is 0.136 e. The van der Waals surface area contributed by atoms with Gasteiger partial charge in [0, 0.05) is 25.0 Å². The van der Waals surface area contributed by atoms with Gasteiger partial charge in [0.25, 0.3) is 0 Å². The summed E-state index contributed by atoms with van der Waals surface area (Å²) in [6.45, 7) is 12.4. The molecule has 0 radical (unpaired) electrons. The number of carbonyl (C=O) groups is 1. The van der Waals surface area contributed by atoms with E-state index in [1.807, 2.05) is 13.8 Å². The average molecular weight is 213 g/mol. The lowest BCUT2D eigenvalue weighted by Crippen LogP contribution is -2.40. The molecule has 1 saturated heterocycles. The fourth-order valence-electron chi connectivity index (χ4n) is 1.88. The van der Waals surface area contributed by atoms with Crippen molar-refractivity contribution in [3.63, 3.8) is 0 Å². The Labute approximate surface area is 92.8 Å². The Bertz CT molecular complexity index is 226. The molecule has 3 nitrogen and oxygen atoms in total. The van der Waals surface area contributed by atoms with Crippen LogP contribution in [-0.2, 0) is 9.53 Å². The van der Waals surface area contributed by atoms with Crippen molar-refractivity contribution in [1.29, 1.82) is 0 Å². The second-order valence-corrected chi connectivity index (χ2v) is 5.36. The van der Waals surface area contributed by atoms with E-state index in [9.17, 15) is 4.79 Å². The fraction of sp³-hybridized carbons (Fsp3) is 0.917. The Morgan fingerprint density at radius 1 is 1.53 bits per heavy atom. The Kier molecular flexibility index (Phi) is 4.29. The second-order valence-electron chi connectivity index (χ2n) is 5.36. The lowest BCUT2D eigenvalue weighted by atomic mass is 9.88. The number of ketones is 1. The zero-order chi connectivity index (χ0) is 11.5. The SMILES string of the molecule is CC(=O)C(C)(C)CN1CCOCC(C)C1. The summed E-state index contributed by atoms with van der Waals surface area (Å²) in [7, 11) is 0. The molecule has 1 heterocycles. The first kappa shape index (κ1) is 12.7. The molecule has 0 amide bonds. The van der Waals surface area contributed by atoms with Crippen molar-refractivity contribution in [3.05, 3.63) is 0 Å². The number of nitrogens with zero attached hydrogens (tertiary/aromatic N) is 1. The Hall–Kier alpha value is -0.410. The number of rotatable bonds is 3. The highest BCUT2D eigenvalue weighted by Crippen LogP contribution is 2.19. The van der Waals surface area contributed by atoms with E-state index < -0.39 is 0 Å². The standard InChI is InChI=1S/C12H23NO2/c1-10-7-13(5-6-15-8-10)9-12(3,4)11(2)14/h10H,5-9H2,1-4H3. The molecule has 0 aromatic carbocycles. The van der Waals surface area contributed by atoms with Crippen LogP contribution in [0.1, 0.15) is 27.7 Å². The van der Waals surface area contributed by atoms with Crippen LogP contribution in [0.4, 0.5) is 0 Å². The molecule has 3 heteroatoms. The van der Waals surface area contributed by atoms with E-state index in [0.29, 0.717) is 5.92 Å². The first-order chi connectivity index (χ1) is 6.92. The summed E-state index contributed by atoms with van der Waals surface area (Å²) in [4.78, 5) is 13.8. The zero-order valence-electron chi connectivity index (χ0n) is 10.4. The molecule has 0 saturated carbocycles. The summed E-state index contributed by atoms with van der Waals surface area (Å²) >= 11 is 0. The third kappa shape index (κ3) is 3.92. The molecular weight excluding hydrogens is 190 g/mol. The maximum absolute atomic E-state index is 11.4. The van der Waals surface area contributed by atoms with Crippen molar-refractivity contribution >= 4 is 5.78 Å². The van der Waals surface area contributed by atoms with E-state index in [-0.39, 0.29) is 11.2 Å². The van der Waals surface area contributed by atoms with Crippen LogP contribution in [0.15, 0.2) is 0 Å². The number of ether oxygens (including phenoxy) is 1. The van der Waals surface area contributed by atoms with Gasteiger partial charge in [-0.15, -0.1) is 0 Å². The van der Waals surface area contributed by atoms with Crippen LogP contribution in [-0.4, -0.2) is 43.5 Å². The molecule has 1 unspecified atom stereocenters. The summed E-state index contributed by atoms with van der Waals surface area (Å²) in [5.41, 5.74) is -0.232. The molecule has 15 heavy (non-hydrogen) atoms. The van der Waals surface area contributed by atoms with Gasteiger partial charge in [-0.25, -0.2) is 0 Å². The van der Waals surface area contributed by atoms with Crippen molar-refractivity contribution in [2.75, 3.05) is 32.8 Å². The predicted octanol–water partition coefficient (Wildman–Crippen LogP) is 1.57. The molecule has 0 bridgehead atoms. The van der Waals surface area contributed by atoms with E-state index in [4.69, 9.17) is 4.74 Å². The first-order valence-corrected chi connectivity index (χ1v) is 5.73. The summed E-state index contributed by atoms with van der Waals surface area (Å²) in [6.07, 6.45) is 0. The van der Waals surface area contributed by atoms with Gasteiger partial charge in [0.05, 0.1) is 13.2 Å². The molecule has 88 valence electrons. The molecule has 0 aliphatic carbocycles. The summed E-state index contributed by atoms with van der Waals surface area (Å²) in [5, 5.41) is 0. The lowest BCUT2D eigenvalue weighted by molar-refractivity contribution is -0.125.